The van der Waals surface area contributed by atoms with Gasteiger partial charge in [0.25, 0.3) is 0 Å². The van der Waals surface area contributed by atoms with Crippen LogP contribution >= 0.6 is 11.6 Å². The Kier molecular flexibility index (Phi) is 3.81. The monoisotopic (exact) mass is 290 g/mol. The Hall–Kier alpha value is -1.32. The van der Waals surface area contributed by atoms with E-state index in [9.17, 15) is 0 Å². The highest BCUT2D eigenvalue weighted by atomic mass is 35.5. The first-order chi connectivity index (χ1) is 9.63. The summed E-state index contributed by atoms with van der Waals surface area (Å²) < 4.78 is 5.78. The molecule has 3 nitrogen and oxygen atoms in total. The summed E-state index contributed by atoms with van der Waals surface area (Å²) in [6.45, 7) is 4.26. The van der Waals surface area contributed by atoms with Crippen molar-refractivity contribution in [1.29, 1.82) is 0 Å². The fourth-order valence-electron chi connectivity index (χ4n) is 3.00. The van der Waals surface area contributed by atoms with Crippen LogP contribution in [0.1, 0.15) is 26.7 Å². The summed E-state index contributed by atoms with van der Waals surface area (Å²) >= 11 is 6.23. The van der Waals surface area contributed by atoms with Gasteiger partial charge in [-0.05, 0) is 51.0 Å². The highest BCUT2D eigenvalue weighted by Gasteiger charge is 2.24. The minimum atomic E-state index is 0.294. The first-order valence-electron chi connectivity index (χ1n) is 7.08. The Labute approximate surface area is 124 Å². The molecule has 0 amide bonds. The molecule has 4 heteroatoms. The average Bonchev–Trinajstić information content (AvgIpc) is 2.41. The highest BCUT2D eigenvalue weighted by molar-refractivity contribution is 6.35. The van der Waals surface area contributed by atoms with E-state index in [0.717, 1.165) is 34.5 Å². The van der Waals surface area contributed by atoms with Crippen molar-refractivity contribution in [1.82, 2.24) is 4.98 Å². The molecule has 0 radical (unpaired) electrons. The van der Waals surface area contributed by atoms with E-state index in [1.807, 2.05) is 24.3 Å². The van der Waals surface area contributed by atoms with E-state index in [-0.39, 0.29) is 0 Å². The second-order valence-electron chi connectivity index (χ2n) is 5.56. The standard InChI is InChI=1S/C16H19ClN2O/c1-10-8-12(9-11(2)20-10)19-15-6-5-14(17)13-4-3-7-18-16(13)15/h3-7,10-12,19H,8-9H2,1-2H3. The van der Waals surface area contributed by atoms with Gasteiger partial charge in [0.1, 0.15) is 0 Å². The Balaban J connectivity index is 1.89. The number of aromatic nitrogens is 1. The minimum Gasteiger partial charge on any atom is -0.380 e. The lowest BCUT2D eigenvalue weighted by molar-refractivity contribution is -0.0337. The third-order valence-electron chi connectivity index (χ3n) is 3.77. The molecule has 1 fully saturated rings. The zero-order chi connectivity index (χ0) is 14.1. The van der Waals surface area contributed by atoms with Crippen molar-refractivity contribution in [2.45, 2.75) is 44.9 Å². The second kappa shape index (κ2) is 5.58. The molecule has 106 valence electrons. The van der Waals surface area contributed by atoms with Crippen molar-refractivity contribution in [2.24, 2.45) is 0 Å². The summed E-state index contributed by atoms with van der Waals surface area (Å²) in [6.07, 6.45) is 4.42. The largest absolute Gasteiger partial charge is 0.380 e. The van der Waals surface area contributed by atoms with Gasteiger partial charge in [-0.2, -0.15) is 0 Å². The lowest BCUT2D eigenvalue weighted by atomic mass is 9.99. The number of nitrogens with one attached hydrogen (secondary N) is 1. The van der Waals surface area contributed by atoms with E-state index >= 15 is 0 Å². The Morgan fingerprint density at radius 1 is 1.20 bits per heavy atom. The van der Waals surface area contributed by atoms with Gasteiger partial charge in [-0.3, -0.25) is 4.98 Å². The summed E-state index contributed by atoms with van der Waals surface area (Å²) in [5.41, 5.74) is 1.99. The van der Waals surface area contributed by atoms with E-state index in [4.69, 9.17) is 16.3 Å². The van der Waals surface area contributed by atoms with Crippen LogP contribution in [0, 0.1) is 0 Å². The summed E-state index contributed by atoms with van der Waals surface area (Å²) in [7, 11) is 0. The number of pyridine rings is 1. The van der Waals surface area contributed by atoms with Gasteiger partial charge in [-0.15, -0.1) is 0 Å². The van der Waals surface area contributed by atoms with Gasteiger partial charge >= 0.3 is 0 Å². The van der Waals surface area contributed by atoms with Crippen molar-refractivity contribution < 1.29 is 4.74 Å². The molecule has 0 spiro atoms. The molecule has 1 aliphatic heterocycles. The van der Waals surface area contributed by atoms with Gasteiger partial charge in [0.05, 0.1) is 28.4 Å². The van der Waals surface area contributed by atoms with E-state index in [1.165, 1.54) is 0 Å². The van der Waals surface area contributed by atoms with E-state index in [2.05, 4.69) is 24.1 Å². The van der Waals surface area contributed by atoms with E-state index < -0.39 is 0 Å². The number of anilines is 1. The third kappa shape index (κ3) is 2.74. The fraction of sp³-hybridized carbons (Fsp3) is 0.438. The maximum Gasteiger partial charge on any atom is 0.0948 e. The van der Waals surface area contributed by atoms with Gasteiger partial charge in [0.15, 0.2) is 0 Å². The van der Waals surface area contributed by atoms with Crippen molar-refractivity contribution in [2.75, 3.05) is 5.32 Å². The summed E-state index contributed by atoms with van der Waals surface area (Å²) in [4.78, 5) is 4.47. The molecule has 2 unspecified atom stereocenters. The second-order valence-corrected chi connectivity index (χ2v) is 5.97. The first-order valence-corrected chi connectivity index (χ1v) is 7.46. The fourth-order valence-corrected chi connectivity index (χ4v) is 3.21. The molecular weight excluding hydrogens is 272 g/mol. The predicted molar refractivity (Wildman–Crippen MR) is 83.4 cm³/mol. The zero-order valence-corrected chi connectivity index (χ0v) is 12.5. The quantitative estimate of drug-likeness (QED) is 0.897. The molecule has 0 aliphatic carbocycles. The van der Waals surface area contributed by atoms with Gasteiger partial charge < -0.3 is 10.1 Å². The van der Waals surface area contributed by atoms with Gasteiger partial charge in [-0.1, -0.05) is 11.6 Å². The Morgan fingerprint density at radius 3 is 2.70 bits per heavy atom. The average molecular weight is 291 g/mol. The van der Waals surface area contributed by atoms with E-state index in [0.29, 0.717) is 18.2 Å². The van der Waals surface area contributed by atoms with Crippen LogP contribution in [0.2, 0.25) is 5.02 Å². The van der Waals surface area contributed by atoms with Crippen LogP contribution < -0.4 is 5.32 Å². The first kappa shape index (κ1) is 13.7. The van der Waals surface area contributed by atoms with Crippen LogP contribution in [-0.4, -0.2) is 23.2 Å². The molecule has 1 aromatic heterocycles. The smallest absolute Gasteiger partial charge is 0.0948 e. The number of fused-ring (bicyclic) bond motifs is 1. The van der Waals surface area contributed by atoms with Crippen LogP contribution in [0.5, 0.6) is 0 Å². The number of halogens is 1. The number of hydrogen-bond acceptors (Lipinski definition) is 3. The minimum absolute atomic E-state index is 0.294. The maximum absolute atomic E-state index is 6.23. The lowest BCUT2D eigenvalue weighted by Gasteiger charge is -2.33. The van der Waals surface area contributed by atoms with Crippen LogP contribution in [-0.2, 0) is 4.74 Å². The zero-order valence-electron chi connectivity index (χ0n) is 11.8. The summed E-state index contributed by atoms with van der Waals surface area (Å²) in [5, 5.41) is 5.35. The molecule has 0 bridgehead atoms. The van der Waals surface area contributed by atoms with Crippen molar-refractivity contribution >= 4 is 28.2 Å². The summed E-state index contributed by atoms with van der Waals surface area (Å²) in [6, 6.07) is 8.28. The highest BCUT2D eigenvalue weighted by Crippen LogP contribution is 2.30. The SMILES string of the molecule is CC1CC(Nc2ccc(Cl)c3cccnc23)CC(C)O1. The molecule has 3 rings (SSSR count). The molecule has 1 N–H and O–H groups in total. The van der Waals surface area contributed by atoms with Crippen LogP contribution in [0.25, 0.3) is 10.9 Å². The molecule has 0 saturated carbocycles. The molecule has 1 saturated heterocycles. The number of benzene rings is 1. The molecule has 2 atom stereocenters. The van der Waals surface area contributed by atoms with Gasteiger partial charge in [0.2, 0.25) is 0 Å². The number of nitrogens with zero attached hydrogens (tertiary/aromatic N) is 1. The molecule has 1 aromatic carbocycles. The van der Waals surface area contributed by atoms with Crippen LogP contribution in [0.3, 0.4) is 0 Å². The van der Waals surface area contributed by atoms with Crippen LogP contribution in [0.4, 0.5) is 5.69 Å². The molecule has 20 heavy (non-hydrogen) atoms. The third-order valence-corrected chi connectivity index (χ3v) is 4.10. The van der Waals surface area contributed by atoms with Crippen LogP contribution in [0.15, 0.2) is 30.5 Å². The number of hydrogen-bond donors (Lipinski definition) is 1. The van der Waals surface area contributed by atoms with Crippen molar-refractivity contribution in [3.63, 3.8) is 0 Å². The molecular formula is C16H19ClN2O. The maximum atomic E-state index is 6.23. The number of rotatable bonds is 2. The number of ether oxygens (including phenoxy) is 1. The molecule has 2 heterocycles. The topological polar surface area (TPSA) is 34.2 Å². The van der Waals surface area contributed by atoms with Crippen molar-refractivity contribution in [3.05, 3.63) is 35.5 Å². The lowest BCUT2D eigenvalue weighted by Crippen LogP contribution is -2.36. The van der Waals surface area contributed by atoms with Crippen molar-refractivity contribution in [3.8, 4) is 0 Å². The molecule has 2 aromatic rings. The van der Waals surface area contributed by atoms with Gasteiger partial charge in [0, 0.05) is 17.6 Å². The van der Waals surface area contributed by atoms with Gasteiger partial charge in [-0.25, -0.2) is 0 Å². The molecule has 1 aliphatic rings. The Bertz CT molecular complexity index is 606. The predicted octanol–water partition coefficient (Wildman–Crippen LogP) is 4.26. The summed E-state index contributed by atoms with van der Waals surface area (Å²) in [5.74, 6) is 0. The Morgan fingerprint density at radius 2 is 1.95 bits per heavy atom. The van der Waals surface area contributed by atoms with E-state index in [1.54, 1.807) is 6.20 Å². The normalized spacial score (nSPS) is 26.6.